The standard InChI is InChI=1S/C10H13N2O3.U/c1-7-5-8(6-13)15-9(7)12-4-2-3-11-10(12)14;/h2,4,7-9,13H,5-6H2,1H3;/q-1;. The first-order valence-corrected chi connectivity index (χ1v) is 4.94. The average Bonchev–Trinajstić information content (AvgIpc) is 2.60. The van der Waals surface area contributed by atoms with E-state index in [-0.39, 0.29) is 61.7 Å². The van der Waals surface area contributed by atoms with Crippen molar-refractivity contribution >= 4 is 0 Å². The molecule has 1 N–H and O–H groups in total. The summed E-state index contributed by atoms with van der Waals surface area (Å²) in [7, 11) is 0. The van der Waals surface area contributed by atoms with Gasteiger partial charge in [0.1, 0.15) is 6.23 Å². The van der Waals surface area contributed by atoms with Crippen LogP contribution >= 0.6 is 0 Å². The van der Waals surface area contributed by atoms with Gasteiger partial charge in [-0.3, -0.25) is 0 Å². The van der Waals surface area contributed by atoms with E-state index in [9.17, 15) is 4.79 Å². The van der Waals surface area contributed by atoms with Gasteiger partial charge in [0.2, 0.25) is 5.69 Å². The fraction of sp³-hybridized carbons (Fsp3) is 0.600. The Kier molecular flexibility index (Phi) is 5.19. The van der Waals surface area contributed by atoms with Crippen molar-refractivity contribution in [3.8, 4) is 0 Å². The summed E-state index contributed by atoms with van der Waals surface area (Å²) < 4.78 is 6.99. The summed E-state index contributed by atoms with van der Waals surface area (Å²) in [5.74, 6) is 0.198. The molecule has 3 atom stereocenters. The molecule has 3 unspecified atom stereocenters. The average molecular weight is 447 g/mol. The van der Waals surface area contributed by atoms with Crippen molar-refractivity contribution < 1.29 is 41.0 Å². The molecule has 1 aliphatic rings. The van der Waals surface area contributed by atoms with Gasteiger partial charge in [0.15, 0.2) is 0 Å². The molecule has 86 valence electrons. The van der Waals surface area contributed by atoms with Crippen LogP contribution in [0.25, 0.3) is 0 Å². The molecule has 0 aliphatic carbocycles. The zero-order chi connectivity index (χ0) is 10.8. The van der Waals surface area contributed by atoms with Crippen molar-refractivity contribution in [2.75, 3.05) is 6.61 Å². The molecular formula is C10H13N2O3U-. The van der Waals surface area contributed by atoms with Gasteiger partial charge in [-0.15, -0.1) is 6.07 Å². The monoisotopic (exact) mass is 447 g/mol. The van der Waals surface area contributed by atoms with Gasteiger partial charge in [0.05, 0.1) is 12.7 Å². The van der Waals surface area contributed by atoms with E-state index >= 15 is 0 Å². The second-order valence-corrected chi connectivity index (χ2v) is 3.79. The third kappa shape index (κ3) is 2.75. The molecule has 2 heterocycles. The molecule has 5 nitrogen and oxygen atoms in total. The number of hydrogen-bond acceptors (Lipinski definition) is 4. The Labute approximate surface area is 117 Å². The quantitative estimate of drug-likeness (QED) is 0.647. The number of aliphatic hydroxyl groups excluding tert-OH is 1. The summed E-state index contributed by atoms with van der Waals surface area (Å²) in [5.41, 5.74) is -0.368. The Morgan fingerprint density at radius 2 is 2.50 bits per heavy atom. The van der Waals surface area contributed by atoms with Crippen molar-refractivity contribution in [2.24, 2.45) is 5.92 Å². The van der Waals surface area contributed by atoms with Crippen molar-refractivity contribution in [1.82, 2.24) is 9.55 Å². The molecule has 6 heteroatoms. The van der Waals surface area contributed by atoms with Crippen LogP contribution < -0.4 is 5.69 Å². The maximum atomic E-state index is 11.4. The molecule has 2 rings (SSSR count). The van der Waals surface area contributed by atoms with E-state index in [1.165, 1.54) is 4.57 Å². The van der Waals surface area contributed by atoms with E-state index in [1.54, 1.807) is 12.3 Å². The van der Waals surface area contributed by atoms with Crippen LogP contribution in [-0.4, -0.2) is 27.4 Å². The third-order valence-electron chi connectivity index (χ3n) is 2.62. The Morgan fingerprint density at radius 1 is 1.75 bits per heavy atom. The van der Waals surface area contributed by atoms with Crippen LogP contribution in [0.15, 0.2) is 17.1 Å². The van der Waals surface area contributed by atoms with Crippen LogP contribution in [0.4, 0.5) is 0 Å². The van der Waals surface area contributed by atoms with Crippen LogP contribution in [0, 0.1) is 43.2 Å². The second kappa shape index (κ2) is 5.97. The predicted molar refractivity (Wildman–Crippen MR) is 52.1 cm³/mol. The van der Waals surface area contributed by atoms with E-state index in [4.69, 9.17) is 9.84 Å². The van der Waals surface area contributed by atoms with Crippen molar-refractivity contribution in [1.29, 1.82) is 0 Å². The summed E-state index contributed by atoms with van der Waals surface area (Å²) in [6.45, 7) is 1.98. The van der Waals surface area contributed by atoms with Gasteiger partial charge in [0.25, 0.3) is 0 Å². The fourth-order valence-corrected chi connectivity index (χ4v) is 1.90. The smallest absolute Gasteiger partial charge is 0.231 e. The van der Waals surface area contributed by atoms with Gasteiger partial charge >= 0.3 is 0 Å². The molecule has 0 saturated carbocycles. The maximum Gasteiger partial charge on any atom is 0.231 e. The van der Waals surface area contributed by atoms with Gasteiger partial charge in [-0.2, -0.15) is 0 Å². The molecule has 16 heavy (non-hydrogen) atoms. The molecule has 0 bridgehead atoms. The summed E-state index contributed by atoms with van der Waals surface area (Å²) in [4.78, 5) is 15.0. The topological polar surface area (TPSA) is 64.3 Å². The van der Waals surface area contributed by atoms with Crippen molar-refractivity contribution in [3.05, 3.63) is 28.9 Å². The molecule has 1 fully saturated rings. The number of hydrogen-bond donors (Lipinski definition) is 1. The zero-order valence-electron chi connectivity index (χ0n) is 8.96. The normalized spacial score (nSPS) is 28.8. The Balaban J connectivity index is 0.00000128. The van der Waals surface area contributed by atoms with E-state index in [2.05, 4.69) is 11.2 Å². The van der Waals surface area contributed by atoms with E-state index in [0.717, 1.165) is 6.42 Å². The van der Waals surface area contributed by atoms with E-state index in [1.807, 2.05) is 6.92 Å². The Hall–Kier alpha value is -0.148. The second-order valence-electron chi connectivity index (χ2n) is 3.79. The minimum Gasteiger partial charge on any atom is -0.394 e. The Bertz CT molecular complexity index is 396. The molecule has 0 radical (unpaired) electrons. The molecule has 0 amide bonds. The number of aliphatic hydroxyl groups is 1. The summed E-state index contributed by atoms with van der Waals surface area (Å²) in [6.07, 6.45) is 4.34. The van der Waals surface area contributed by atoms with Crippen LogP contribution in [0.3, 0.4) is 0 Å². The summed E-state index contributed by atoms with van der Waals surface area (Å²) in [5, 5.41) is 8.98. The van der Waals surface area contributed by atoms with Gasteiger partial charge in [-0.25, -0.2) is 0 Å². The first-order chi connectivity index (χ1) is 7.22. The van der Waals surface area contributed by atoms with Crippen LogP contribution in [-0.2, 0) is 4.74 Å². The van der Waals surface area contributed by atoms with Gasteiger partial charge in [0, 0.05) is 37.0 Å². The number of ether oxygens (including phenoxy) is 1. The Morgan fingerprint density at radius 3 is 3.06 bits per heavy atom. The molecule has 0 spiro atoms. The first kappa shape index (κ1) is 13.9. The summed E-state index contributed by atoms with van der Waals surface area (Å²) >= 11 is 0. The molecule has 1 aromatic heterocycles. The number of aromatic nitrogens is 2. The predicted octanol–water partition coefficient (Wildman–Crippen LogP) is -0.0406. The minimum atomic E-state index is -0.368. The SMILES string of the molecule is CC1CC(CO)OC1n1cc[c-]nc1=O.[U]. The fourth-order valence-electron chi connectivity index (χ4n) is 1.90. The largest absolute Gasteiger partial charge is 0.394 e. The van der Waals surface area contributed by atoms with Gasteiger partial charge in [-0.1, -0.05) is 19.3 Å². The number of nitrogens with zero attached hydrogens (tertiary/aromatic N) is 2. The van der Waals surface area contributed by atoms with Crippen molar-refractivity contribution in [2.45, 2.75) is 25.7 Å². The molecule has 1 aromatic rings. The van der Waals surface area contributed by atoms with E-state index < -0.39 is 0 Å². The minimum absolute atomic E-state index is 0. The molecular weight excluding hydrogens is 434 g/mol. The van der Waals surface area contributed by atoms with Crippen LogP contribution in [0.1, 0.15) is 19.6 Å². The molecule has 1 saturated heterocycles. The first-order valence-electron chi connectivity index (χ1n) is 4.94. The van der Waals surface area contributed by atoms with Crippen LogP contribution in [0.2, 0.25) is 0 Å². The van der Waals surface area contributed by atoms with E-state index in [0.29, 0.717) is 0 Å². The number of rotatable bonds is 2. The molecule has 1 aliphatic heterocycles. The summed E-state index contributed by atoms with van der Waals surface area (Å²) in [6, 6.07) is 1.57. The van der Waals surface area contributed by atoms with Gasteiger partial charge < -0.3 is 24.2 Å². The maximum absolute atomic E-state index is 11.4. The van der Waals surface area contributed by atoms with Gasteiger partial charge in [-0.05, 0) is 6.42 Å². The van der Waals surface area contributed by atoms with Crippen molar-refractivity contribution in [3.63, 3.8) is 0 Å². The van der Waals surface area contributed by atoms with Crippen LogP contribution in [0.5, 0.6) is 0 Å². The molecule has 0 aromatic carbocycles. The zero-order valence-corrected chi connectivity index (χ0v) is 13.1. The third-order valence-corrected chi connectivity index (χ3v) is 2.62.